The van der Waals surface area contributed by atoms with E-state index in [4.69, 9.17) is 0 Å². The van der Waals surface area contributed by atoms with Gasteiger partial charge in [0.1, 0.15) is 0 Å². The lowest BCUT2D eigenvalue weighted by atomic mass is 9.59. The highest BCUT2D eigenvalue weighted by molar-refractivity contribution is 9.25. The largest absolute Gasteiger partial charge is 0.290 e. The van der Waals surface area contributed by atoms with Gasteiger partial charge < -0.3 is 0 Å². The van der Waals surface area contributed by atoms with E-state index in [1.165, 1.54) is 0 Å². The molecule has 0 saturated heterocycles. The molecular formula is C28BBrF20. The van der Waals surface area contributed by atoms with Gasteiger partial charge in [-0.3, -0.25) is 0 Å². The molecule has 1 aliphatic heterocycles. The zero-order valence-corrected chi connectivity index (χ0v) is 24.1. The number of halogens is 21. The molecule has 0 aromatic heterocycles. The molecule has 0 radical (unpaired) electrons. The van der Waals surface area contributed by atoms with E-state index in [9.17, 15) is 52.7 Å². The molecule has 0 atom stereocenters. The minimum absolute atomic E-state index is 2.22. The van der Waals surface area contributed by atoms with E-state index in [2.05, 4.69) is 15.8 Å². The van der Waals surface area contributed by atoms with Gasteiger partial charge in [0.2, 0.25) is 23.3 Å². The maximum Gasteiger partial charge on any atom is 0.290 e. The van der Waals surface area contributed by atoms with Crippen molar-refractivity contribution < 1.29 is 87.8 Å². The number of benzene rings is 4. The fraction of sp³-hybridized carbons (Fsp3) is 0. The van der Waals surface area contributed by atoms with E-state index >= 15 is 35.1 Å². The standard InChI is InChI=1S/C28BBrF20/c30-29-7(5-13(35)21(43)27(49)22(44)14(5)36)1(3-9(31)17(39)25(47)18(40)10(3)32)2(4-11(33)19(41)26(48)20(42)12(4)34)8(29)6-15(37)23(45)28(50)24(46)16(6)38. The average molecular weight is 807 g/mol. The Hall–Kier alpha value is -4.50. The topological polar surface area (TPSA) is 0 Å². The summed E-state index contributed by atoms with van der Waals surface area (Å²) in [4.78, 5) is 0. The van der Waals surface area contributed by atoms with Gasteiger partial charge in [0.05, 0.1) is 11.1 Å². The lowest BCUT2D eigenvalue weighted by Crippen LogP contribution is -2.17. The van der Waals surface area contributed by atoms with E-state index in [0.717, 1.165) is 0 Å². The Kier molecular flexibility index (Phi) is 9.10. The van der Waals surface area contributed by atoms with Crippen molar-refractivity contribution in [3.05, 3.63) is 139 Å². The highest BCUT2D eigenvalue weighted by Crippen LogP contribution is 2.56. The molecule has 0 nitrogen and oxygen atoms in total. The maximum atomic E-state index is 15.4. The summed E-state index contributed by atoms with van der Waals surface area (Å²) in [5.41, 5.74) is -23.5. The van der Waals surface area contributed by atoms with Gasteiger partial charge in [-0.25, -0.2) is 87.8 Å². The summed E-state index contributed by atoms with van der Waals surface area (Å²) >= 11 is 2.22. The van der Waals surface area contributed by atoms with Crippen molar-refractivity contribution in [3.8, 4) is 0 Å². The van der Waals surface area contributed by atoms with Gasteiger partial charge in [-0.2, -0.15) is 0 Å². The van der Waals surface area contributed by atoms with Crippen LogP contribution < -0.4 is 0 Å². The molecule has 0 N–H and O–H groups in total. The third kappa shape index (κ3) is 4.83. The molecule has 0 unspecified atom stereocenters. The van der Waals surface area contributed by atoms with Crippen molar-refractivity contribution >= 4 is 43.4 Å². The van der Waals surface area contributed by atoms with E-state index < -0.39 is 166 Å². The predicted molar refractivity (Wildman–Crippen MR) is 133 cm³/mol. The van der Waals surface area contributed by atoms with Crippen LogP contribution in [0.15, 0.2) is 0 Å². The molecular weight excluding hydrogens is 807 g/mol. The Balaban J connectivity index is 2.23. The van der Waals surface area contributed by atoms with Gasteiger partial charge >= 0.3 is 0 Å². The molecule has 0 bridgehead atoms. The molecule has 0 spiro atoms. The number of rotatable bonds is 4. The fourth-order valence-electron chi connectivity index (χ4n) is 5.02. The van der Waals surface area contributed by atoms with Gasteiger partial charge in [-0.05, 0) is 22.1 Å². The Morgan fingerprint density at radius 2 is 0.360 bits per heavy atom. The van der Waals surface area contributed by atoms with Crippen LogP contribution in [0.1, 0.15) is 22.3 Å². The second-order valence-electron chi connectivity index (χ2n) is 9.72. The van der Waals surface area contributed by atoms with Crippen molar-refractivity contribution in [1.29, 1.82) is 0 Å². The summed E-state index contributed by atoms with van der Waals surface area (Å²) in [6, 6.07) is 0. The van der Waals surface area contributed by atoms with Crippen LogP contribution in [-0.4, -0.2) is 5.54 Å². The van der Waals surface area contributed by atoms with Crippen LogP contribution in [-0.2, 0) is 0 Å². The van der Waals surface area contributed by atoms with Crippen molar-refractivity contribution in [3.63, 3.8) is 0 Å². The molecule has 22 heteroatoms. The van der Waals surface area contributed by atoms with Gasteiger partial charge in [0.15, 0.2) is 93.1 Å². The first-order valence-electron chi connectivity index (χ1n) is 12.3. The minimum Gasteiger partial charge on any atom is -0.203 e. The van der Waals surface area contributed by atoms with Crippen LogP contribution in [0.25, 0.3) is 22.1 Å². The average Bonchev–Trinajstić information content (AvgIpc) is 3.35. The second-order valence-corrected chi connectivity index (χ2v) is 10.6. The smallest absolute Gasteiger partial charge is 0.203 e. The summed E-state index contributed by atoms with van der Waals surface area (Å²) in [7, 11) is 0. The van der Waals surface area contributed by atoms with Gasteiger partial charge in [-0.15, -0.1) is 15.8 Å². The molecule has 0 aliphatic carbocycles. The van der Waals surface area contributed by atoms with E-state index in [-0.39, 0.29) is 0 Å². The molecule has 1 aliphatic rings. The summed E-state index contributed by atoms with van der Waals surface area (Å²) in [6.07, 6.45) is 0. The summed E-state index contributed by atoms with van der Waals surface area (Å²) in [6.45, 7) is 0. The zero-order valence-electron chi connectivity index (χ0n) is 22.5. The van der Waals surface area contributed by atoms with Crippen LogP contribution in [0, 0.1) is 116 Å². The van der Waals surface area contributed by atoms with Crippen molar-refractivity contribution in [1.82, 2.24) is 0 Å². The summed E-state index contributed by atoms with van der Waals surface area (Å²) in [5.74, 6) is -62.0. The van der Waals surface area contributed by atoms with Crippen molar-refractivity contribution in [2.45, 2.75) is 0 Å². The summed E-state index contributed by atoms with van der Waals surface area (Å²) in [5, 5.41) is 0. The first-order valence-corrected chi connectivity index (χ1v) is 13.2. The number of hydrogen-bond donors (Lipinski definition) is 0. The number of hydrogen-bond acceptors (Lipinski definition) is 0. The van der Waals surface area contributed by atoms with Gasteiger partial charge in [0.25, 0.3) is 5.54 Å². The molecule has 0 fully saturated rings. The molecule has 1 heterocycles. The molecule has 0 saturated carbocycles. The van der Waals surface area contributed by atoms with E-state index in [1.807, 2.05) is 0 Å². The first kappa shape index (κ1) is 36.8. The molecule has 5 rings (SSSR count). The van der Waals surface area contributed by atoms with Gasteiger partial charge in [0, 0.05) is 11.1 Å². The predicted octanol–water partition coefficient (Wildman–Crippen LogP) is 10.5. The Labute approximate surface area is 270 Å². The quantitative estimate of drug-likeness (QED) is 0.0834. The van der Waals surface area contributed by atoms with E-state index in [0.29, 0.717) is 0 Å². The highest BCUT2D eigenvalue weighted by Gasteiger charge is 2.48. The van der Waals surface area contributed by atoms with Gasteiger partial charge in [-0.1, -0.05) is 0 Å². The van der Waals surface area contributed by atoms with Crippen LogP contribution in [0.5, 0.6) is 0 Å². The zero-order chi connectivity index (χ0) is 37.7. The first-order chi connectivity index (χ1) is 23.1. The molecule has 4 aromatic rings. The van der Waals surface area contributed by atoms with Crippen molar-refractivity contribution in [2.75, 3.05) is 0 Å². The fourth-order valence-corrected chi connectivity index (χ4v) is 5.94. The minimum atomic E-state index is -3.21. The lowest BCUT2D eigenvalue weighted by Gasteiger charge is -2.19. The van der Waals surface area contributed by atoms with E-state index in [1.54, 1.807) is 0 Å². The molecule has 0 amide bonds. The monoisotopic (exact) mass is 806 g/mol. The Morgan fingerprint density at radius 3 is 0.540 bits per heavy atom. The number of allylic oxidation sites excluding steroid dienone is 2. The second kappa shape index (κ2) is 12.4. The Morgan fingerprint density at radius 1 is 0.220 bits per heavy atom. The van der Waals surface area contributed by atoms with Crippen LogP contribution >= 0.6 is 15.8 Å². The molecule has 262 valence electrons. The van der Waals surface area contributed by atoms with Crippen LogP contribution in [0.2, 0.25) is 0 Å². The lowest BCUT2D eigenvalue weighted by molar-refractivity contribution is 0.375. The van der Waals surface area contributed by atoms with Crippen molar-refractivity contribution in [2.24, 2.45) is 0 Å². The summed E-state index contributed by atoms with van der Waals surface area (Å²) < 4.78 is 294. The Bertz CT molecular complexity index is 2020. The highest BCUT2D eigenvalue weighted by atomic mass is 79.9. The SMILES string of the molecule is Fc1c(F)c(F)c(C2=C(c3c(F)c(F)c(F)c(F)c3F)C(c3c(F)c(F)c(F)c(F)c3F)=C(c3c(F)c(F)c(F)c(F)c3F)B2Br)c(F)c1F. The normalized spacial score (nSPS) is 13.5. The maximum absolute atomic E-state index is 15.4. The third-order valence-electron chi connectivity index (χ3n) is 7.17. The van der Waals surface area contributed by atoms with Crippen LogP contribution in [0.3, 0.4) is 0 Å². The third-order valence-corrected chi connectivity index (χ3v) is 8.09. The molecule has 4 aromatic carbocycles. The molecule has 50 heavy (non-hydrogen) atoms. The van der Waals surface area contributed by atoms with Crippen LogP contribution in [0.4, 0.5) is 87.8 Å².